The Morgan fingerprint density at radius 2 is 1.62 bits per heavy atom. The normalized spacial score (nSPS) is 13.0. The molecule has 2 amide bonds. The second-order valence-corrected chi connectivity index (χ2v) is 8.50. The Bertz CT molecular complexity index is 963. The first-order valence-corrected chi connectivity index (χ1v) is 11.6. The molecule has 2 aromatic rings. The zero-order valence-electron chi connectivity index (χ0n) is 19.4. The number of ether oxygens (including phenoxy) is 1. The van der Waals surface area contributed by atoms with Gasteiger partial charge in [-0.05, 0) is 47.9 Å². The van der Waals surface area contributed by atoms with E-state index >= 15 is 0 Å². The quantitative estimate of drug-likeness (QED) is 0.411. The summed E-state index contributed by atoms with van der Waals surface area (Å²) in [5, 5.41) is 20.5. The van der Waals surface area contributed by atoms with E-state index in [2.05, 4.69) is 5.32 Å². The maximum atomic E-state index is 12.9. The first kappa shape index (κ1) is 25.2. The number of benzene rings is 2. The molecule has 1 aliphatic carbocycles. The molecule has 182 valence electrons. The van der Waals surface area contributed by atoms with E-state index in [1.165, 1.54) is 4.90 Å². The average molecular weight is 469 g/mol. The Kier molecular flexibility index (Phi) is 9.04. The number of hydrogen-bond acceptors (Lipinski definition) is 5. The van der Waals surface area contributed by atoms with Crippen LogP contribution in [0, 0.1) is 0 Å². The zero-order chi connectivity index (χ0) is 24.5. The smallest absolute Gasteiger partial charge is 0.407 e. The van der Waals surface area contributed by atoms with E-state index in [0.717, 1.165) is 28.7 Å². The highest BCUT2D eigenvalue weighted by atomic mass is 16.5. The van der Waals surface area contributed by atoms with Crippen molar-refractivity contribution in [2.75, 3.05) is 26.8 Å². The molecule has 0 spiro atoms. The van der Waals surface area contributed by atoms with Crippen molar-refractivity contribution in [2.45, 2.75) is 44.1 Å². The number of carbonyl (C=O) groups excluding carboxylic acids is 2. The summed E-state index contributed by atoms with van der Waals surface area (Å²) in [6.07, 6.45) is 1.10. The third kappa shape index (κ3) is 6.35. The second kappa shape index (κ2) is 12.2. The van der Waals surface area contributed by atoms with E-state index in [1.54, 1.807) is 7.05 Å². The molecule has 3 rings (SSSR count). The number of carboxylic acids is 1. The number of likely N-dealkylation sites (N-methyl/N-ethyl adjacent to an activating group) is 1. The molecule has 0 aromatic heterocycles. The lowest BCUT2D eigenvalue weighted by Crippen LogP contribution is -2.48. The van der Waals surface area contributed by atoms with Crippen LogP contribution in [0.1, 0.15) is 49.1 Å². The molecule has 0 saturated heterocycles. The molecule has 3 N–H and O–H groups in total. The number of nitrogens with one attached hydrogen (secondary N) is 1. The minimum Gasteiger partial charge on any atom is -0.481 e. The minimum atomic E-state index is -1.04. The van der Waals surface area contributed by atoms with Crippen molar-refractivity contribution in [3.8, 4) is 11.1 Å². The van der Waals surface area contributed by atoms with Crippen LogP contribution in [0.4, 0.5) is 4.79 Å². The number of carboxylic acid groups (broad SMARTS) is 1. The maximum Gasteiger partial charge on any atom is 0.407 e. The molecule has 0 radical (unpaired) electrons. The molecular weight excluding hydrogens is 436 g/mol. The Hall–Kier alpha value is -3.39. The molecule has 2 aromatic carbocycles. The maximum absolute atomic E-state index is 12.9. The molecule has 0 fully saturated rings. The van der Waals surface area contributed by atoms with Crippen molar-refractivity contribution in [3.63, 3.8) is 0 Å². The van der Waals surface area contributed by atoms with Gasteiger partial charge in [0.25, 0.3) is 0 Å². The number of aliphatic carboxylic acids is 1. The highest BCUT2D eigenvalue weighted by Gasteiger charge is 2.30. The van der Waals surface area contributed by atoms with E-state index in [0.29, 0.717) is 19.4 Å². The number of unbranched alkanes of at least 4 members (excludes halogenated alkanes) is 2. The van der Waals surface area contributed by atoms with Crippen LogP contribution in [0.15, 0.2) is 48.5 Å². The Morgan fingerprint density at radius 1 is 1.00 bits per heavy atom. The number of hydrogen-bond donors (Lipinski definition) is 3. The van der Waals surface area contributed by atoms with E-state index in [9.17, 15) is 14.4 Å². The van der Waals surface area contributed by atoms with Crippen LogP contribution in [0.25, 0.3) is 11.1 Å². The summed E-state index contributed by atoms with van der Waals surface area (Å²) >= 11 is 0. The molecule has 8 nitrogen and oxygen atoms in total. The number of amides is 2. The van der Waals surface area contributed by atoms with Gasteiger partial charge < -0.3 is 25.2 Å². The number of aliphatic hydroxyl groups is 1. The lowest BCUT2D eigenvalue weighted by Gasteiger charge is -2.24. The predicted octanol–water partition coefficient (Wildman–Crippen LogP) is 3.38. The Balaban J connectivity index is 1.62. The van der Waals surface area contributed by atoms with E-state index < -0.39 is 18.1 Å². The standard InChI is InChI=1S/C26H32N2O6/c1-28(15-7-2-8-16-29)25(32)23(13-14-24(30)31)27-26(33)34-17-22-20-11-5-3-9-18(20)19-10-4-6-12-21(19)22/h3-6,9-12,22-23,29H,2,7-8,13-17H2,1H3,(H,27,33)(H,30,31). The van der Waals surface area contributed by atoms with Gasteiger partial charge in [0.1, 0.15) is 12.6 Å². The van der Waals surface area contributed by atoms with Crippen LogP contribution in [-0.4, -0.2) is 65.9 Å². The van der Waals surface area contributed by atoms with Gasteiger partial charge in [0.05, 0.1) is 0 Å². The van der Waals surface area contributed by atoms with Gasteiger partial charge in [0.15, 0.2) is 0 Å². The summed E-state index contributed by atoms with van der Waals surface area (Å²) < 4.78 is 5.52. The number of nitrogens with zero attached hydrogens (tertiary/aromatic N) is 1. The molecule has 8 heteroatoms. The van der Waals surface area contributed by atoms with Crippen LogP contribution < -0.4 is 5.32 Å². The van der Waals surface area contributed by atoms with Crippen LogP contribution in [-0.2, 0) is 14.3 Å². The van der Waals surface area contributed by atoms with Crippen LogP contribution in [0.2, 0.25) is 0 Å². The number of carbonyl (C=O) groups is 3. The topological polar surface area (TPSA) is 116 Å². The van der Waals surface area contributed by atoms with Gasteiger partial charge in [-0.2, -0.15) is 0 Å². The second-order valence-electron chi connectivity index (χ2n) is 8.50. The molecule has 1 unspecified atom stereocenters. The van der Waals surface area contributed by atoms with Crippen molar-refractivity contribution in [2.24, 2.45) is 0 Å². The molecule has 1 aliphatic rings. The van der Waals surface area contributed by atoms with E-state index in [1.807, 2.05) is 48.5 Å². The fourth-order valence-electron chi connectivity index (χ4n) is 4.32. The zero-order valence-corrected chi connectivity index (χ0v) is 19.4. The molecule has 0 saturated carbocycles. The number of rotatable bonds is 12. The molecule has 0 aliphatic heterocycles. The summed E-state index contributed by atoms with van der Waals surface area (Å²) in [5.41, 5.74) is 4.39. The number of fused-ring (bicyclic) bond motifs is 3. The highest BCUT2D eigenvalue weighted by Crippen LogP contribution is 2.44. The van der Waals surface area contributed by atoms with Crippen LogP contribution in [0.3, 0.4) is 0 Å². The van der Waals surface area contributed by atoms with Gasteiger partial charge in [0.2, 0.25) is 5.91 Å². The largest absolute Gasteiger partial charge is 0.481 e. The molecule has 0 heterocycles. The van der Waals surface area contributed by atoms with Gasteiger partial charge >= 0.3 is 12.1 Å². The SMILES string of the molecule is CN(CCCCCO)C(=O)C(CCC(=O)O)NC(=O)OCC1c2ccccc2-c2ccccc21. The lowest BCUT2D eigenvalue weighted by atomic mass is 9.98. The van der Waals surface area contributed by atoms with Crippen molar-refractivity contribution >= 4 is 18.0 Å². The Labute approximate surface area is 199 Å². The van der Waals surface area contributed by atoms with Crippen molar-refractivity contribution in [3.05, 3.63) is 59.7 Å². The predicted molar refractivity (Wildman–Crippen MR) is 127 cm³/mol. The molecule has 34 heavy (non-hydrogen) atoms. The molecule has 0 bridgehead atoms. The fourth-order valence-corrected chi connectivity index (χ4v) is 4.32. The van der Waals surface area contributed by atoms with Crippen molar-refractivity contribution in [1.82, 2.24) is 10.2 Å². The summed E-state index contributed by atoms with van der Waals surface area (Å²) in [6, 6.07) is 15.0. The van der Waals surface area contributed by atoms with Gasteiger partial charge in [0, 0.05) is 32.5 Å². The molecule has 1 atom stereocenters. The lowest BCUT2D eigenvalue weighted by molar-refractivity contribution is -0.137. The van der Waals surface area contributed by atoms with E-state index in [-0.39, 0.29) is 37.9 Å². The third-order valence-corrected chi connectivity index (χ3v) is 6.11. The van der Waals surface area contributed by atoms with Gasteiger partial charge in [-0.25, -0.2) is 4.79 Å². The van der Waals surface area contributed by atoms with E-state index in [4.69, 9.17) is 14.9 Å². The summed E-state index contributed by atoms with van der Waals surface area (Å²) in [7, 11) is 1.62. The summed E-state index contributed by atoms with van der Waals surface area (Å²) in [4.78, 5) is 38.0. The minimum absolute atomic E-state index is 0.0284. The van der Waals surface area contributed by atoms with Crippen LogP contribution >= 0.6 is 0 Å². The number of alkyl carbamates (subject to hydrolysis) is 1. The third-order valence-electron chi connectivity index (χ3n) is 6.11. The first-order chi connectivity index (χ1) is 16.4. The Morgan fingerprint density at radius 3 is 2.21 bits per heavy atom. The monoisotopic (exact) mass is 468 g/mol. The van der Waals surface area contributed by atoms with Gasteiger partial charge in [-0.15, -0.1) is 0 Å². The summed E-state index contributed by atoms with van der Waals surface area (Å²) in [6.45, 7) is 0.660. The average Bonchev–Trinajstić information content (AvgIpc) is 3.16. The summed E-state index contributed by atoms with van der Waals surface area (Å²) in [5.74, 6) is -1.52. The first-order valence-electron chi connectivity index (χ1n) is 11.6. The fraction of sp³-hybridized carbons (Fsp3) is 0.423. The van der Waals surface area contributed by atoms with Gasteiger partial charge in [-0.1, -0.05) is 48.5 Å². The molecular formula is C26H32N2O6. The van der Waals surface area contributed by atoms with Crippen LogP contribution in [0.5, 0.6) is 0 Å². The van der Waals surface area contributed by atoms with Crippen molar-refractivity contribution < 1.29 is 29.3 Å². The number of aliphatic hydroxyl groups excluding tert-OH is 1. The highest BCUT2D eigenvalue weighted by molar-refractivity contribution is 5.86. The van der Waals surface area contributed by atoms with Gasteiger partial charge in [-0.3, -0.25) is 9.59 Å². The van der Waals surface area contributed by atoms with Crippen molar-refractivity contribution in [1.29, 1.82) is 0 Å².